The molecule has 1 aliphatic rings. The summed E-state index contributed by atoms with van der Waals surface area (Å²) < 4.78 is 49.7. The van der Waals surface area contributed by atoms with Crippen LogP contribution in [0.5, 0.6) is 6.01 Å². The van der Waals surface area contributed by atoms with Crippen molar-refractivity contribution in [3.05, 3.63) is 52.0 Å². The molecule has 0 radical (unpaired) electrons. The Kier molecular flexibility index (Phi) is 4.89. The maximum atomic E-state index is 12.4. The minimum Gasteiger partial charge on any atom is -0.443 e. The molecular formula is C15H13F3N4O4. The third-order valence-corrected chi connectivity index (χ3v) is 3.54. The van der Waals surface area contributed by atoms with Gasteiger partial charge >= 0.3 is 18.0 Å². The second kappa shape index (κ2) is 7.12. The Morgan fingerprint density at radius 2 is 2.27 bits per heavy atom. The van der Waals surface area contributed by atoms with Crippen LogP contribution in [0.15, 0.2) is 30.6 Å². The van der Waals surface area contributed by atoms with Crippen LogP contribution >= 0.6 is 0 Å². The predicted molar refractivity (Wildman–Crippen MR) is 82.4 cm³/mol. The Labute approximate surface area is 145 Å². The van der Waals surface area contributed by atoms with Crippen LogP contribution < -0.4 is 4.74 Å². The molecule has 0 unspecified atom stereocenters. The first-order chi connectivity index (χ1) is 12.3. The van der Waals surface area contributed by atoms with Crippen LogP contribution in [0.4, 0.5) is 19.0 Å². The van der Waals surface area contributed by atoms with Gasteiger partial charge in [-0.3, -0.25) is 9.55 Å². The maximum absolute atomic E-state index is 12.4. The van der Waals surface area contributed by atoms with Gasteiger partial charge < -0.3 is 19.6 Å². The molecule has 2 aromatic rings. The number of ether oxygens (including phenoxy) is 2. The van der Waals surface area contributed by atoms with Crippen LogP contribution in [0.2, 0.25) is 0 Å². The Morgan fingerprint density at radius 3 is 2.92 bits per heavy atom. The van der Waals surface area contributed by atoms with Crippen LogP contribution in [0, 0.1) is 10.1 Å². The van der Waals surface area contributed by atoms with E-state index in [9.17, 15) is 23.3 Å². The van der Waals surface area contributed by atoms with Crippen molar-refractivity contribution in [3.8, 4) is 6.01 Å². The minimum absolute atomic E-state index is 0.168. The molecule has 0 N–H and O–H groups in total. The van der Waals surface area contributed by atoms with Gasteiger partial charge in [0, 0.05) is 11.2 Å². The molecule has 11 heteroatoms. The van der Waals surface area contributed by atoms with Crippen LogP contribution in [-0.2, 0) is 17.5 Å². The first-order valence-electron chi connectivity index (χ1n) is 7.48. The number of aromatic nitrogens is 3. The van der Waals surface area contributed by atoms with Gasteiger partial charge in [-0.15, -0.1) is 0 Å². The fraction of sp³-hybridized carbons (Fsp3) is 0.333. The number of nitrogens with zero attached hydrogens (tertiary/aromatic N) is 4. The average Bonchev–Trinajstić information content (AvgIpc) is 3.02. The fourth-order valence-electron chi connectivity index (χ4n) is 2.29. The number of nitro groups is 1. The van der Waals surface area contributed by atoms with Crippen molar-refractivity contribution in [2.45, 2.75) is 18.8 Å². The zero-order chi connectivity index (χ0) is 18.7. The van der Waals surface area contributed by atoms with Crippen LogP contribution in [0.1, 0.15) is 11.3 Å². The van der Waals surface area contributed by atoms with Crippen molar-refractivity contribution in [2.24, 2.45) is 0 Å². The van der Waals surface area contributed by atoms with Crippen molar-refractivity contribution in [1.82, 2.24) is 14.5 Å². The standard InChI is InChI=1S/C15H13F3N4O4/c16-15(17,18)10-3-4-11(19-6-10)2-1-5-25-12-7-21-8-13(22(23)24)20-14(21)26-9-12/h1-4,6,8,12H,5,7,9H2/b2-1+/t12-/m0/s1. The molecule has 138 valence electrons. The lowest BCUT2D eigenvalue weighted by molar-refractivity contribution is -0.389. The number of pyridine rings is 1. The van der Waals surface area contributed by atoms with Gasteiger partial charge in [-0.25, -0.2) is 0 Å². The first-order valence-corrected chi connectivity index (χ1v) is 7.48. The molecule has 0 bridgehead atoms. The molecule has 1 aliphatic heterocycles. The Morgan fingerprint density at radius 1 is 1.46 bits per heavy atom. The van der Waals surface area contributed by atoms with Gasteiger partial charge in [-0.1, -0.05) is 6.08 Å². The lowest BCUT2D eigenvalue weighted by Crippen LogP contribution is -2.32. The van der Waals surface area contributed by atoms with Gasteiger partial charge in [0.25, 0.3) is 0 Å². The number of fused-ring (bicyclic) bond motifs is 1. The van der Waals surface area contributed by atoms with Crippen molar-refractivity contribution >= 4 is 11.9 Å². The molecule has 8 nitrogen and oxygen atoms in total. The summed E-state index contributed by atoms with van der Waals surface area (Å²) in [5, 5.41) is 10.7. The SMILES string of the molecule is O=[N+]([O-])c1cn2c(n1)OC[C@@H](OC/C=C/c1ccc(C(F)(F)F)cn1)C2. The van der Waals surface area contributed by atoms with Crippen molar-refractivity contribution in [3.63, 3.8) is 0 Å². The zero-order valence-electron chi connectivity index (χ0n) is 13.2. The summed E-state index contributed by atoms with van der Waals surface area (Å²) in [5.41, 5.74) is -0.440. The van der Waals surface area contributed by atoms with E-state index in [1.165, 1.54) is 22.9 Å². The summed E-state index contributed by atoms with van der Waals surface area (Å²) in [4.78, 5) is 17.5. The molecule has 0 aromatic carbocycles. The molecule has 2 aromatic heterocycles. The number of halogens is 3. The smallest absolute Gasteiger partial charge is 0.417 e. The lowest BCUT2D eigenvalue weighted by atomic mass is 10.2. The third-order valence-electron chi connectivity index (χ3n) is 3.54. The van der Waals surface area contributed by atoms with Gasteiger partial charge in [0.2, 0.25) is 0 Å². The molecule has 0 aliphatic carbocycles. The molecule has 3 rings (SSSR count). The highest BCUT2D eigenvalue weighted by Crippen LogP contribution is 2.28. The van der Waals surface area contributed by atoms with E-state index in [-0.39, 0.29) is 31.1 Å². The van der Waals surface area contributed by atoms with Gasteiger partial charge in [-0.2, -0.15) is 13.2 Å². The van der Waals surface area contributed by atoms with Crippen molar-refractivity contribution in [1.29, 1.82) is 0 Å². The summed E-state index contributed by atoms with van der Waals surface area (Å²) in [5.74, 6) is -0.297. The molecule has 3 heterocycles. The Hall–Kier alpha value is -2.95. The van der Waals surface area contributed by atoms with Crippen LogP contribution in [0.3, 0.4) is 0 Å². The van der Waals surface area contributed by atoms with E-state index in [1.807, 2.05) is 0 Å². The van der Waals surface area contributed by atoms with E-state index in [1.54, 1.807) is 6.08 Å². The summed E-state index contributed by atoms with van der Waals surface area (Å²) in [6, 6.07) is 2.39. The largest absolute Gasteiger partial charge is 0.443 e. The Balaban J connectivity index is 1.50. The summed E-state index contributed by atoms with van der Waals surface area (Å²) in [6.07, 6.45) is 0.441. The molecular weight excluding hydrogens is 357 g/mol. The molecule has 0 amide bonds. The molecule has 0 fully saturated rings. The average molecular weight is 370 g/mol. The van der Waals surface area contributed by atoms with Crippen molar-refractivity contribution in [2.75, 3.05) is 13.2 Å². The number of hydrogen-bond donors (Lipinski definition) is 0. The predicted octanol–water partition coefficient (Wildman–Crippen LogP) is 2.70. The quantitative estimate of drug-likeness (QED) is 0.594. The van der Waals surface area contributed by atoms with E-state index in [2.05, 4.69) is 9.97 Å². The fourth-order valence-corrected chi connectivity index (χ4v) is 2.29. The second-order valence-electron chi connectivity index (χ2n) is 5.43. The number of hydrogen-bond acceptors (Lipinski definition) is 6. The third kappa shape index (κ3) is 4.17. The summed E-state index contributed by atoms with van der Waals surface area (Å²) in [6.45, 7) is 0.728. The second-order valence-corrected chi connectivity index (χ2v) is 5.43. The molecule has 26 heavy (non-hydrogen) atoms. The molecule has 0 saturated carbocycles. The maximum Gasteiger partial charge on any atom is 0.417 e. The number of imidazole rings is 1. The molecule has 0 spiro atoms. The normalized spacial score (nSPS) is 17.1. The van der Waals surface area contributed by atoms with Gasteiger partial charge in [0.05, 0.1) is 24.4 Å². The van der Waals surface area contributed by atoms with Gasteiger partial charge in [0.1, 0.15) is 18.9 Å². The van der Waals surface area contributed by atoms with E-state index >= 15 is 0 Å². The Bertz CT molecular complexity index is 817. The van der Waals surface area contributed by atoms with Gasteiger partial charge in [0.15, 0.2) is 0 Å². The minimum atomic E-state index is -4.42. The van der Waals surface area contributed by atoms with Crippen LogP contribution in [0.25, 0.3) is 6.08 Å². The van der Waals surface area contributed by atoms with Crippen LogP contribution in [-0.4, -0.2) is 38.8 Å². The number of rotatable bonds is 5. The number of alkyl halides is 3. The van der Waals surface area contributed by atoms with Crippen molar-refractivity contribution < 1.29 is 27.6 Å². The highest BCUT2D eigenvalue weighted by molar-refractivity contribution is 5.44. The topological polar surface area (TPSA) is 92.3 Å². The summed E-state index contributed by atoms with van der Waals surface area (Å²) >= 11 is 0. The van der Waals surface area contributed by atoms with E-state index in [0.717, 1.165) is 12.3 Å². The lowest BCUT2D eigenvalue weighted by Gasteiger charge is -2.21. The highest BCUT2D eigenvalue weighted by atomic mass is 19.4. The van der Waals surface area contributed by atoms with Gasteiger partial charge in [-0.05, 0) is 23.1 Å². The monoisotopic (exact) mass is 370 g/mol. The first kappa shape index (κ1) is 17.9. The highest BCUT2D eigenvalue weighted by Gasteiger charge is 2.30. The summed E-state index contributed by atoms with van der Waals surface area (Å²) in [7, 11) is 0. The molecule has 1 atom stereocenters. The zero-order valence-corrected chi connectivity index (χ0v) is 13.2. The van der Waals surface area contributed by atoms with E-state index in [0.29, 0.717) is 12.2 Å². The van der Waals surface area contributed by atoms with E-state index in [4.69, 9.17) is 9.47 Å². The molecule has 0 saturated heterocycles. The van der Waals surface area contributed by atoms with E-state index < -0.39 is 16.7 Å².